The first-order valence-electron chi connectivity index (χ1n) is 6.52. The van der Waals surface area contributed by atoms with Crippen molar-refractivity contribution in [3.05, 3.63) is 57.2 Å². The van der Waals surface area contributed by atoms with Crippen LogP contribution in [-0.4, -0.2) is 15.5 Å². The summed E-state index contributed by atoms with van der Waals surface area (Å²) in [6, 6.07) is 6.19. The van der Waals surface area contributed by atoms with E-state index < -0.39 is 0 Å². The summed E-state index contributed by atoms with van der Waals surface area (Å²) in [6.45, 7) is 3.96. The van der Waals surface area contributed by atoms with Crippen LogP contribution in [0.5, 0.6) is 0 Å². The molecule has 110 valence electrons. The quantitative estimate of drug-likeness (QED) is 0.887. The number of carbonyl (C=O) groups excluding carboxylic acids is 1. The Kier molecular flexibility index (Phi) is 4.43. The predicted molar refractivity (Wildman–Crippen MR) is 83.0 cm³/mol. The summed E-state index contributed by atoms with van der Waals surface area (Å²) in [7, 11) is 1.62. The summed E-state index contributed by atoms with van der Waals surface area (Å²) >= 11 is 5.95. The van der Waals surface area contributed by atoms with Crippen molar-refractivity contribution in [3.63, 3.8) is 0 Å². The number of anilines is 1. The Bertz CT molecular complexity index is 738. The van der Waals surface area contributed by atoms with Crippen molar-refractivity contribution in [2.45, 2.75) is 19.8 Å². The van der Waals surface area contributed by atoms with E-state index in [0.717, 1.165) is 5.69 Å². The maximum atomic E-state index is 12.3. The number of rotatable bonds is 3. The normalized spacial score (nSPS) is 10.7. The minimum atomic E-state index is -0.292. The molecule has 0 saturated heterocycles. The van der Waals surface area contributed by atoms with Gasteiger partial charge in [-0.05, 0) is 24.1 Å². The standard InChI is InChI=1S/C15H16ClN3O2/c1-9(2)12-6-10(7-13(16)18-12)15(21)17-11-4-5-14(20)19(3)8-11/h4-9H,1-3H3,(H,17,21). The average Bonchev–Trinajstić information content (AvgIpc) is 2.42. The van der Waals surface area contributed by atoms with Crippen LogP contribution in [0, 0.1) is 0 Å². The topological polar surface area (TPSA) is 64.0 Å². The number of hydrogen-bond acceptors (Lipinski definition) is 3. The van der Waals surface area contributed by atoms with Gasteiger partial charge in [0.05, 0.1) is 5.69 Å². The molecule has 5 nitrogen and oxygen atoms in total. The van der Waals surface area contributed by atoms with Gasteiger partial charge >= 0.3 is 0 Å². The Morgan fingerprint density at radius 1 is 1.33 bits per heavy atom. The zero-order valence-electron chi connectivity index (χ0n) is 12.1. The van der Waals surface area contributed by atoms with E-state index in [2.05, 4.69) is 10.3 Å². The van der Waals surface area contributed by atoms with Crippen molar-refractivity contribution in [1.29, 1.82) is 0 Å². The Hall–Kier alpha value is -2.14. The summed E-state index contributed by atoms with van der Waals surface area (Å²) in [5.74, 6) is -0.118. The lowest BCUT2D eigenvalue weighted by Crippen LogP contribution is -2.18. The molecule has 2 aromatic heterocycles. The highest BCUT2D eigenvalue weighted by atomic mass is 35.5. The number of pyridine rings is 2. The van der Waals surface area contributed by atoms with Crippen LogP contribution in [0.15, 0.2) is 35.3 Å². The number of halogens is 1. The molecule has 2 rings (SSSR count). The first kappa shape index (κ1) is 15.3. The van der Waals surface area contributed by atoms with E-state index in [1.807, 2.05) is 13.8 Å². The molecule has 0 radical (unpaired) electrons. The Labute approximate surface area is 127 Å². The first-order chi connectivity index (χ1) is 9.86. The molecule has 0 unspecified atom stereocenters. The van der Waals surface area contributed by atoms with E-state index in [1.165, 1.54) is 16.7 Å². The van der Waals surface area contributed by atoms with E-state index in [9.17, 15) is 9.59 Å². The van der Waals surface area contributed by atoms with Crippen molar-refractivity contribution < 1.29 is 4.79 Å². The molecule has 0 aromatic carbocycles. The van der Waals surface area contributed by atoms with Gasteiger partial charge in [0, 0.05) is 30.6 Å². The van der Waals surface area contributed by atoms with Gasteiger partial charge in [0.25, 0.3) is 5.91 Å². The molecule has 0 aliphatic carbocycles. The van der Waals surface area contributed by atoms with Crippen LogP contribution < -0.4 is 10.9 Å². The van der Waals surface area contributed by atoms with Crippen molar-refractivity contribution in [2.75, 3.05) is 5.32 Å². The van der Waals surface area contributed by atoms with E-state index in [4.69, 9.17) is 11.6 Å². The fraction of sp³-hybridized carbons (Fsp3) is 0.267. The van der Waals surface area contributed by atoms with Gasteiger partial charge in [-0.3, -0.25) is 9.59 Å². The molecule has 2 aromatic rings. The van der Waals surface area contributed by atoms with Gasteiger partial charge in [0.2, 0.25) is 5.56 Å². The van der Waals surface area contributed by atoms with Gasteiger partial charge in [-0.25, -0.2) is 4.98 Å². The molecule has 0 bridgehead atoms. The second-order valence-electron chi connectivity index (χ2n) is 5.08. The van der Waals surface area contributed by atoms with Crippen LogP contribution >= 0.6 is 11.6 Å². The second kappa shape index (κ2) is 6.10. The molecule has 2 heterocycles. The highest BCUT2D eigenvalue weighted by Gasteiger charge is 2.11. The smallest absolute Gasteiger partial charge is 0.255 e. The third-order valence-corrected chi connectivity index (χ3v) is 3.20. The number of nitrogens with zero attached hydrogens (tertiary/aromatic N) is 2. The average molecular weight is 306 g/mol. The molecular weight excluding hydrogens is 290 g/mol. The fourth-order valence-electron chi connectivity index (χ4n) is 1.82. The molecule has 21 heavy (non-hydrogen) atoms. The van der Waals surface area contributed by atoms with Crippen molar-refractivity contribution >= 4 is 23.2 Å². The van der Waals surface area contributed by atoms with Crippen LogP contribution in [0.1, 0.15) is 35.8 Å². The van der Waals surface area contributed by atoms with Gasteiger partial charge in [0.15, 0.2) is 0 Å². The number of carbonyl (C=O) groups is 1. The van der Waals surface area contributed by atoms with Crippen LogP contribution in [0.2, 0.25) is 5.15 Å². The third kappa shape index (κ3) is 3.70. The van der Waals surface area contributed by atoms with Gasteiger partial charge in [-0.2, -0.15) is 0 Å². The Balaban J connectivity index is 2.27. The molecule has 0 aliphatic rings. The van der Waals surface area contributed by atoms with Gasteiger partial charge < -0.3 is 9.88 Å². The largest absolute Gasteiger partial charge is 0.321 e. The van der Waals surface area contributed by atoms with E-state index in [0.29, 0.717) is 11.3 Å². The molecule has 1 amide bonds. The highest BCUT2D eigenvalue weighted by Crippen LogP contribution is 2.18. The van der Waals surface area contributed by atoms with E-state index in [-0.39, 0.29) is 22.5 Å². The zero-order chi connectivity index (χ0) is 15.6. The molecule has 0 fully saturated rings. The highest BCUT2D eigenvalue weighted by molar-refractivity contribution is 6.29. The molecule has 0 spiro atoms. The van der Waals surface area contributed by atoms with E-state index in [1.54, 1.807) is 25.4 Å². The van der Waals surface area contributed by atoms with Gasteiger partial charge in [-0.1, -0.05) is 25.4 Å². The van der Waals surface area contributed by atoms with Crippen LogP contribution in [0.3, 0.4) is 0 Å². The van der Waals surface area contributed by atoms with Gasteiger partial charge in [-0.15, -0.1) is 0 Å². The van der Waals surface area contributed by atoms with Crippen molar-refractivity contribution in [2.24, 2.45) is 7.05 Å². The summed E-state index contributed by atoms with van der Waals surface area (Å²) in [5, 5.41) is 3.02. The lowest BCUT2D eigenvalue weighted by Gasteiger charge is -2.10. The molecular formula is C15H16ClN3O2. The SMILES string of the molecule is CC(C)c1cc(C(=O)Nc2ccc(=O)n(C)c2)cc(Cl)n1. The molecule has 0 atom stereocenters. The minimum absolute atomic E-state index is 0.137. The summed E-state index contributed by atoms with van der Waals surface area (Å²) in [5.41, 5.74) is 1.60. The summed E-state index contributed by atoms with van der Waals surface area (Å²) in [4.78, 5) is 27.8. The number of nitrogens with one attached hydrogen (secondary N) is 1. The fourth-order valence-corrected chi connectivity index (χ4v) is 2.03. The number of hydrogen-bond donors (Lipinski definition) is 1. The van der Waals surface area contributed by atoms with Gasteiger partial charge in [0.1, 0.15) is 5.15 Å². The van der Waals surface area contributed by atoms with Crippen LogP contribution in [-0.2, 0) is 7.05 Å². The third-order valence-electron chi connectivity index (χ3n) is 3.01. The number of aryl methyl sites for hydroxylation is 1. The van der Waals surface area contributed by atoms with Crippen LogP contribution in [0.25, 0.3) is 0 Å². The minimum Gasteiger partial charge on any atom is -0.321 e. The van der Waals surface area contributed by atoms with Crippen molar-refractivity contribution in [1.82, 2.24) is 9.55 Å². The Morgan fingerprint density at radius 2 is 2.05 bits per heavy atom. The van der Waals surface area contributed by atoms with Crippen LogP contribution in [0.4, 0.5) is 5.69 Å². The lowest BCUT2D eigenvalue weighted by molar-refractivity contribution is 0.102. The monoisotopic (exact) mass is 305 g/mol. The molecule has 6 heteroatoms. The molecule has 0 saturated carbocycles. The maximum Gasteiger partial charge on any atom is 0.255 e. The number of aromatic nitrogens is 2. The lowest BCUT2D eigenvalue weighted by atomic mass is 10.1. The molecule has 0 aliphatic heterocycles. The zero-order valence-corrected chi connectivity index (χ0v) is 12.8. The first-order valence-corrected chi connectivity index (χ1v) is 6.90. The second-order valence-corrected chi connectivity index (χ2v) is 5.47. The Morgan fingerprint density at radius 3 is 2.67 bits per heavy atom. The summed E-state index contributed by atoms with van der Waals surface area (Å²) in [6.07, 6.45) is 1.56. The van der Waals surface area contributed by atoms with E-state index >= 15 is 0 Å². The summed E-state index contributed by atoms with van der Waals surface area (Å²) < 4.78 is 1.40. The molecule has 1 N–H and O–H groups in total. The maximum absolute atomic E-state index is 12.3. The number of amides is 1. The van der Waals surface area contributed by atoms with Crippen molar-refractivity contribution in [3.8, 4) is 0 Å². The predicted octanol–water partition coefficient (Wildman–Crippen LogP) is 2.81.